The van der Waals surface area contributed by atoms with Crippen molar-refractivity contribution in [2.45, 2.75) is 6.61 Å². The first-order valence-corrected chi connectivity index (χ1v) is 8.38. The molecule has 127 valence electrons. The van der Waals surface area contributed by atoms with Gasteiger partial charge < -0.3 is 10.1 Å². The number of anilines is 2. The van der Waals surface area contributed by atoms with E-state index in [4.69, 9.17) is 16.3 Å². The maximum atomic E-state index is 6.35. The van der Waals surface area contributed by atoms with Crippen molar-refractivity contribution in [3.05, 3.63) is 83.9 Å². The number of hydrogen-bond donors (Lipinski definition) is 1. The van der Waals surface area contributed by atoms with Crippen LogP contribution in [0.1, 0.15) is 5.69 Å². The third kappa shape index (κ3) is 3.58. The second kappa shape index (κ2) is 7.37. The highest BCUT2D eigenvalue weighted by Crippen LogP contribution is 2.30. The predicted molar refractivity (Wildman–Crippen MR) is 102 cm³/mol. The van der Waals surface area contributed by atoms with Gasteiger partial charge in [-0.3, -0.25) is 4.98 Å². The largest absolute Gasteiger partial charge is 0.486 e. The molecule has 0 bridgehead atoms. The standard InChI is InChI=1S/C20H14ClN4O/c21-17-11-14(8-9-19(17)26-12-15-5-3-4-10-22-15)25-20-16-6-1-2-7-18(16)23-13-24-20/h1-5,7-11,13H,12H2,(H,23,24,25). The van der Waals surface area contributed by atoms with E-state index in [9.17, 15) is 0 Å². The van der Waals surface area contributed by atoms with Gasteiger partial charge in [-0.15, -0.1) is 0 Å². The average Bonchev–Trinajstić information content (AvgIpc) is 2.68. The molecule has 0 atom stereocenters. The van der Waals surface area contributed by atoms with Crippen LogP contribution in [0.3, 0.4) is 0 Å². The van der Waals surface area contributed by atoms with Crippen LogP contribution in [0.15, 0.2) is 67.1 Å². The molecule has 2 heterocycles. The number of ether oxygens (including phenoxy) is 1. The normalized spacial score (nSPS) is 10.7. The molecule has 0 aliphatic rings. The van der Waals surface area contributed by atoms with Crippen LogP contribution in [-0.2, 0) is 6.61 Å². The van der Waals surface area contributed by atoms with Crippen LogP contribution in [0.2, 0.25) is 5.02 Å². The number of fused-ring (bicyclic) bond motifs is 1. The number of hydrogen-bond acceptors (Lipinski definition) is 5. The number of halogens is 1. The van der Waals surface area contributed by atoms with E-state index in [1.54, 1.807) is 12.3 Å². The highest BCUT2D eigenvalue weighted by Gasteiger charge is 2.07. The molecule has 2 aromatic carbocycles. The molecule has 1 radical (unpaired) electrons. The van der Waals surface area contributed by atoms with E-state index in [1.165, 1.54) is 6.33 Å². The Kier molecular flexibility index (Phi) is 4.62. The first kappa shape index (κ1) is 16.3. The zero-order valence-electron chi connectivity index (χ0n) is 13.7. The van der Waals surface area contributed by atoms with Crippen molar-refractivity contribution in [3.8, 4) is 5.75 Å². The van der Waals surface area contributed by atoms with Crippen LogP contribution in [0.25, 0.3) is 10.9 Å². The van der Waals surface area contributed by atoms with Crippen molar-refractivity contribution in [3.63, 3.8) is 0 Å². The Morgan fingerprint density at radius 1 is 1.04 bits per heavy atom. The smallest absolute Gasteiger partial charge is 0.142 e. The first-order chi connectivity index (χ1) is 12.8. The number of pyridine rings is 1. The lowest BCUT2D eigenvalue weighted by molar-refractivity contribution is 0.301. The van der Waals surface area contributed by atoms with E-state index in [0.29, 0.717) is 23.2 Å². The van der Waals surface area contributed by atoms with Crippen LogP contribution in [0.5, 0.6) is 5.75 Å². The van der Waals surface area contributed by atoms with Crippen LogP contribution < -0.4 is 10.1 Å². The molecule has 0 amide bonds. The summed E-state index contributed by atoms with van der Waals surface area (Å²) in [6.07, 6.45) is 3.25. The van der Waals surface area contributed by atoms with Gasteiger partial charge >= 0.3 is 0 Å². The van der Waals surface area contributed by atoms with E-state index >= 15 is 0 Å². The molecule has 1 N–H and O–H groups in total. The molecule has 2 aromatic heterocycles. The summed E-state index contributed by atoms with van der Waals surface area (Å²) >= 11 is 6.35. The Balaban J connectivity index is 1.52. The topological polar surface area (TPSA) is 59.9 Å². The maximum absolute atomic E-state index is 6.35. The molecule has 6 heteroatoms. The molecular formula is C20H14ClN4O. The Hall–Kier alpha value is -3.18. The molecule has 0 unspecified atom stereocenters. The summed E-state index contributed by atoms with van der Waals surface area (Å²) in [6.45, 7) is 0.360. The van der Waals surface area contributed by atoms with Crippen molar-refractivity contribution in [2.75, 3.05) is 5.32 Å². The molecule has 4 rings (SSSR count). The fraction of sp³-hybridized carbons (Fsp3) is 0.0500. The average molecular weight is 362 g/mol. The van der Waals surface area contributed by atoms with Crippen LogP contribution in [0.4, 0.5) is 11.5 Å². The first-order valence-electron chi connectivity index (χ1n) is 8.00. The van der Waals surface area contributed by atoms with Gasteiger partial charge in [-0.05, 0) is 42.5 Å². The van der Waals surface area contributed by atoms with E-state index in [1.807, 2.05) is 48.5 Å². The number of rotatable bonds is 5. The Labute approximate surface area is 155 Å². The number of nitrogens with zero attached hydrogens (tertiary/aromatic N) is 3. The van der Waals surface area contributed by atoms with Crippen molar-refractivity contribution in [1.29, 1.82) is 0 Å². The van der Waals surface area contributed by atoms with Gasteiger partial charge in [0, 0.05) is 11.9 Å². The Bertz CT molecular complexity index is 1030. The second-order valence-corrected chi connectivity index (χ2v) is 5.94. The predicted octanol–water partition coefficient (Wildman–Crippen LogP) is 4.80. The number of aromatic nitrogens is 3. The molecule has 0 fully saturated rings. The molecule has 0 aliphatic heterocycles. The van der Waals surface area contributed by atoms with Gasteiger partial charge in [0.05, 0.1) is 21.6 Å². The third-order valence-corrected chi connectivity index (χ3v) is 4.05. The summed E-state index contributed by atoms with van der Waals surface area (Å²) in [7, 11) is 0. The van der Waals surface area contributed by atoms with Crippen LogP contribution >= 0.6 is 11.6 Å². The summed E-state index contributed by atoms with van der Waals surface area (Å²) in [5.74, 6) is 1.27. The SMILES string of the molecule is Clc1cc(Nc2ncnc3ccc[c]c23)ccc1OCc1ccccn1. The number of benzene rings is 2. The highest BCUT2D eigenvalue weighted by molar-refractivity contribution is 6.32. The third-order valence-electron chi connectivity index (χ3n) is 3.75. The Morgan fingerprint density at radius 2 is 2.00 bits per heavy atom. The van der Waals surface area contributed by atoms with Gasteiger partial charge in [-0.1, -0.05) is 29.8 Å². The monoisotopic (exact) mass is 361 g/mol. The fourth-order valence-electron chi connectivity index (χ4n) is 2.50. The van der Waals surface area contributed by atoms with Gasteiger partial charge in [0.1, 0.15) is 24.5 Å². The minimum absolute atomic E-state index is 0.360. The quantitative estimate of drug-likeness (QED) is 0.553. The summed E-state index contributed by atoms with van der Waals surface area (Å²) in [5.41, 5.74) is 2.47. The minimum atomic E-state index is 0.360. The van der Waals surface area contributed by atoms with E-state index in [0.717, 1.165) is 22.3 Å². The molecule has 5 nitrogen and oxygen atoms in total. The fourth-order valence-corrected chi connectivity index (χ4v) is 2.74. The minimum Gasteiger partial charge on any atom is -0.486 e. The lowest BCUT2D eigenvalue weighted by Gasteiger charge is -2.11. The molecule has 0 saturated heterocycles. The van der Waals surface area contributed by atoms with Gasteiger partial charge in [0.15, 0.2) is 0 Å². The lowest BCUT2D eigenvalue weighted by atomic mass is 10.2. The molecular weight excluding hydrogens is 348 g/mol. The van der Waals surface area contributed by atoms with Gasteiger partial charge in [0.25, 0.3) is 0 Å². The number of nitrogens with one attached hydrogen (secondary N) is 1. The maximum Gasteiger partial charge on any atom is 0.142 e. The van der Waals surface area contributed by atoms with Crippen molar-refractivity contribution in [1.82, 2.24) is 15.0 Å². The van der Waals surface area contributed by atoms with Crippen LogP contribution in [-0.4, -0.2) is 15.0 Å². The second-order valence-electron chi connectivity index (χ2n) is 5.53. The molecule has 0 spiro atoms. The van der Waals surface area contributed by atoms with E-state index < -0.39 is 0 Å². The van der Waals surface area contributed by atoms with Gasteiger partial charge in [-0.25, -0.2) is 9.97 Å². The molecule has 26 heavy (non-hydrogen) atoms. The van der Waals surface area contributed by atoms with Crippen molar-refractivity contribution in [2.24, 2.45) is 0 Å². The van der Waals surface area contributed by atoms with E-state index in [2.05, 4.69) is 26.3 Å². The molecule has 0 saturated carbocycles. The van der Waals surface area contributed by atoms with Crippen LogP contribution in [0, 0.1) is 6.07 Å². The van der Waals surface area contributed by atoms with Crippen molar-refractivity contribution < 1.29 is 4.74 Å². The summed E-state index contributed by atoms with van der Waals surface area (Å²) in [6, 6.07) is 20.0. The highest BCUT2D eigenvalue weighted by atomic mass is 35.5. The van der Waals surface area contributed by atoms with Gasteiger partial charge in [0.2, 0.25) is 0 Å². The summed E-state index contributed by atoms with van der Waals surface area (Å²) in [4.78, 5) is 12.8. The van der Waals surface area contributed by atoms with Gasteiger partial charge in [-0.2, -0.15) is 0 Å². The van der Waals surface area contributed by atoms with E-state index in [-0.39, 0.29) is 0 Å². The Morgan fingerprint density at radius 3 is 2.85 bits per heavy atom. The van der Waals surface area contributed by atoms with Crippen molar-refractivity contribution >= 4 is 34.0 Å². The molecule has 4 aromatic rings. The molecule has 0 aliphatic carbocycles. The zero-order valence-corrected chi connectivity index (χ0v) is 14.4. The summed E-state index contributed by atoms with van der Waals surface area (Å²) < 4.78 is 5.74. The lowest BCUT2D eigenvalue weighted by Crippen LogP contribution is -1.99. The zero-order chi connectivity index (χ0) is 17.8. The summed E-state index contributed by atoms with van der Waals surface area (Å²) in [5, 5.41) is 4.58.